The van der Waals surface area contributed by atoms with Gasteiger partial charge in [0.25, 0.3) is 5.69 Å². The number of anilines is 1. The van der Waals surface area contributed by atoms with Crippen LogP contribution in [0.1, 0.15) is 12.5 Å². The second-order valence-electron chi connectivity index (χ2n) is 5.83. The fourth-order valence-electron chi connectivity index (χ4n) is 2.46. The predicted molar refractivity (Wildman–Crippen MR) is 103 cm³/mol. The van der Waals surface area contributed by atoms with E-state index in [4.69, 9.17) is 0 Å². The number of amides is 1. The Morgan fingerprint density at radius 1 is 1.26 bits per heavy atom. The van der Waals surface area contributed by atoms with Gasteiger partial charge < -0.3 is 5.32 Å². The largest absolute Gasteiger partial charge is 0.325 e. The van der Waals surface area contributed by atoms with Gasteiger partial charge in [0.1, 0.15) is 6.33 Å². The van der Waals surface area contributed by atoms with E-state index >= 15 is 0 Å². The molecule has 0 aliphatic heterocycles. The zero-order valence-corrected chi connectivity index (χ0v) is 15.5. The van der Waals surface area contributed by atoms with Crippen molar-refractivity contribution in [1.82, 2.24) is 14.8 Å². The van der Waals surface area contributed by atoms with Crippen molar-refractivity contribution in [2.24, 2.45) is 0 Å². The van der Waals surface area contributed by atoms with Crippen molar-refractivity contribution in [3.63, 3.8) is 0 Å². The molecule has 0 unspecified atom stereocenters. The van der Waals surface area contributed by atoms with Crippen LogP contribution in [0.3, 0.4) is 0 Å². The van der Waals surface area contributed by atoms with Gasteiger partial charge in [-0.2, -0.15) is 0 Å². The summed E-state index contributed by atoms with van der Waals surface area (Å²) in [6, 6.07) is 13.7. The molecule has 27 heavy (non-hydrogen) atoms. The van der Waals surface area contributed by atoms with E-state index < -0.39 is 10.2 Å². The van der Waals surface area contributed by atoms with Crippen LogP contribution >= 0.6 is 11.8 Å². The van der Waals surface area contributed by atoms with Crippen LogP contribution in [0.25, 0.3) is 5.69 Å². The lowest BCUT2D eigenvalue weighted by atomic mass is 10.2. The van der Waals surface area contributed by atoms with Gasteiger partial charge in [-0.05, 0) is 31.5 Å². The Balaban J connectivity index is 1.73. The number of nitro groups is 1. The summed E-state index contributed by atoms with van der Waals surface area (Å²) < 4.78 is 1.83. The van der Waals surface area contributed by atoms with Crippen molar-refractivity contribution in [2.45, 2.75) is 24.3 Å². The first-order chi connectivity index (χ1) is 13.0. The number of carbonyl (C=O) groups excluding carboxylic acids is 1. The van der Waals surface area contributed by atoms with Crippen LogP contribution in [0.4, 0.5) is 11.4 Å². The van der Waals surface area contributed by atoms with Crippen LogP contribution < -0.4 is 5.32 Å². The topological polar surface area (TPSA) is 103 Å². The predicted octanol–water partition coefficient (Wildman–Crippen LogP) is 3.60. The molecule has 0 aliphatic carbocycles. The first kappa shape index (κ1) is 18.6. The third-order valence-electron chi connectivity index (χ3n) is 3.87. The Labute approximate surface area is 159 Å². The van der Waals surface area contributed by atoms with Crippen molar-refractivity contribution < 1.29 is 9.72 Å². The number of para-hydroxylation sites is 1. The van der Waals surface area contributed by atoms with E-state index in [0.29, 0.717) is 10.8 Å². The Morgan fingerprint density at radius 2 is 2.04 bits per heavy atom. The fourth-order valence-corrected chi connectivity index (χ4v) is 3.29. The lowest BCUT2D eigenvalue weighted by Gasteiger charge is -2.13. The number of rotatable bonds is 6. The molecular weight excluding hydrogens is 366 g/mol. The lowest BCUT2D eigenvalue weighted by Crippen LogP contribution is -2.22. The summed E-state index contributed by atoms with van der Waals surface area (Å²) in [6.07, 6.45) is 1.61. The highest BCUT2D eigenvalue weighted by Gasteiger charge is 2.19. The van der Waals surface area contributed by atoms with Gasteiger partial charge in [-0.1, -0.05) is 36.0 Å². The second-order valence-corrected chi connectivity index (χ2v) is 7.13. The number of nitro benzene ring substituents is 1. The molecule has 1 aromatic heterocycles. The van der Waals surface area contributed by atoms with E-state index in [1.165, 1.54) is 30.0 Å². The van der Waals surface area contributed by atoms with E-state index in [1.54, 1.807) is 19.3 Å². The molecule has 3 aromatic rings. The molecular formula is C18H17N5O3S. The minimum atomic E-state index is -0.501. The Hall–Kier alpha value is -3.20. The van der Waals surface area contributed by atoms with Gasteiger partial charge in [0.05, 0.1) is 15.9 Å². The number of benzene rings is 2. The Morgan fingerprint density at radius 3 is 2.78 bits per heavy atom. The molecule has 1 N–H and O–H groups in total. The van der Waals surface area contributed by atoms with Gasteiger partial charge >= 0.3 is 0 Å². The van der Waals surface area contributed by atoms with Gasteiger partial charge in [0, 0.05) is 17.8 Å². The van der Waals surface area contributed by atoms with Crippen molar-refractivity contribution in [2.75, 3.05) is 5.32 Å². The minimum Gasteiger partial charge on any atom is -0.325 e. The number of non-ortho nitro benzene ring substituents is 1. The van der Waals surface area contributed by atoms with Gasteiger partial charge in [0.2, 0.25) is 5.91 Å². The molecule has 9 heteroatoms. The zero-order valence-electron chi connectivity index (χ0n) is 14.7. The molecule has 138 valence electrons. The van der Waals surface area contributed by atoms with Crippen molar-refractivity contribution >= 4 is 29.0 Å². The molecule has 3 rings (SSSR count). The van der Waals surface area contributed by atoms with E-state index in [1.807, 2.05) is 35.8 Å². The monoisotopic (exact) mass is 383 g/mol. The van der Waals surface area contributed by atoms with Crippen molar-refractivity contribution in [1.29, 1.82) is 0 Å². The molecule has 0 fully saturated rings. The maximum Gasteiger partial charge on any atom is 0.271 e. The third-order valence-corrected chi connectivity index (χ3v) is 4.92. The van der Waals surface area contributed by atoms with E-state index in [-0.39, 0.29) is 11.6 Å². The Bertz CT molecular complexity index is 988. The average Bonchev–Trinajstić information content (AvgIpc) is 3.10. The number of nitrogens with one attached hydrogen (secondary N) is 1. The molecule has 0 radical (unpaired) electrons. The van der Waals surface area contributed by atoms with Gasteiger partial charge in [-0.25, -0.2) is 0 Å². The van der Waals surface area contributed by atoms with E-state index in [9.17, 15) is 14.9 Å². The third kappa shape index (κ3) is 4.32. The molecule has 1 heterocycles. The average molecular weight is 383 g/mol. The highest BCUT2D eigenvalue weighted by atomic mass is 32.2. The molecule has 0 aliphatic rings. The molecule has 0 spiro atoms. The summed E-state index contributed by atoms with van der Waals surface area (Å²) in [5.74, 6) is -0.278. The first-order valence-electron chi connectivity index (χ1n) is 8.13. The summed E-state index contributed by atoms with van der Waals surface area (Å²) in [4.78, 5) is 22.8. The fraction of sp³-hybridized carbons (Fsp3) is 0.167. The smallest absolute Gasteiger partial charge is 0.271 e. The van der Waals surface area contributed by atoms with Crippen LogP contribution in [-0.4, -0.2) is 30.8 Å². The molecule has 0 bridgehead atoms. The SMILES string of the molecule is Cc1ccccc1-n1cnnc1S[C@H](C)C(=O)Nc1cccc([N+](=O)[O-])c1. The summed E-state index contributed by atoms with van der Waals surface area (Å²) in [6.45, 7) is 3.73. The summed E-state index contributed by atoms with van der Waals surface area (Å²) in [7, 11) is 0. The summed E-state index contributed by atoms with van der Waals surface area (Å²) >= 11 is 1.26. The number of aromatic nitrogens is 3. The van der Waals surface area contributed by atoms with Gasteiger partial charge in [-0.15, -0.1) is 10.2 Å². The number of hydrogen-bond donors (Lipinski definition) is 1. The second kappa shape index (κ2) is 8.00. The number of nitrogens with zero attached hydrogens (tertiary/aromatic N) is 4. The van der Waals surface area contributed by atoms with Crippen LogP contribution in [-0.2, 0) is 4.79 Å². The first-order valence-corrected chi connectivity index (χ1v) is 9.01. The number of hydrogen-bond acceptors (Lipinski definition) is 6. The zero-order chi connectivity index (χ0) is 19.4. The minimum absolute atomic E-state index is 0.0765. The maximum atomic E-state index is 12.5. The van der Waals surface area contributed by atoms with Crippen molar-refractivity contribution in [3.05, 3.63) is 70.5 Å². The quantitative estimate of drug-likeness (QED) is 0.396. The standard InChI is InChI=1S/C18H17N5O3S/c1-12-6-3-4-9-16(12)22-11-19-21-18(22)27-13(2)17(24)20-14-7-5-8-15(10-14)23(25)26/h3-11,13H,1-2H3,(H,20,24)/t13-/m1/s1. The van der Waals surface area contributed by atoms with Gasteiger partial charge in [0.15, 0.2) is 5.16 Å². The van der Waals surface area contributed by atoms with E-state index in [2.05, 4.69) is 15.5 Å². The highest BCUT2D eigenvalue weighted by molar-refractivity contribution is 8.00. The molecule has 1 amide bonds. The molecule has 2 aromatic carbocycles. The highest BCUT2D eigenvalue weighted by Crippen LogP contribution is 2.26. The van der Waals surface area contributed by atoms with Gasteiger partial charge in [-0.3, -0.25) is 19.5 Å². The number of carbonyl (C=O) groups is 1. The van der Waals surface area contributed by atoms with Crippen LogP contribution in [0.2, 0.25) is 0 Å². The van der Waals surface area contributed by atoms with Crippen LogP contribution in [0.5, 0.6) is 0 Å². The molecule has 1 atom stereocenters. The molecule has 8 nitrogen and oxygen atoms in total. The number of aryl methyl sites for hydroxylation is 1. The summed E-state index contributed by atoms with van der Waals surface area (Å²) in [5, 5.41) is 21.7. The van der Waals surface area contributed by atoms with Crippen LogP contribution in [0, 0.1) is 17.0 Å². The lowest BCUT2D eigenvalue weighted by molar-refractivity contribution is -0.384. The Kier molecular flexibility index (Phi) is 5.51. The molecule has 0 saturated carbocycles. The van der Waals surface area contributed by atoms with Crippen LogP contribution in [0.15, 0.2) is 60.0 Å². The normalized spacial score (nSPS) is 11.8. The molecule has 0 saturated heterocycles. The number of thioether (sulfide) groups is 1. The summed E-state index contributed by atoms with van der Waals surface area (Å²) in [5.41, 5.74) is 2.30. The van der Waals surface area contributed by atoms with Crippen molar-refractivity contribution in [3.8, 4) is 5.69 Å². The van der Waals surface area contributed by atoms with E-state index in [0.717, 1.165) is 11.3 Å². The maximum absolute atomic E-state index is 12.5.